The first-order chi connectivity index (χ1) is 7.90. The van der Waals surface area contributed by atoms with Crippen molar-refractivity contribution >= 4 is 11.8 Å². The fourth-order valence-corrected chi connectivity index (χ4v) is 3.42. The summed E-state index contributed by atoms with van der Waals surface area (Å²) in [7, 11) is 0. The van der Waals surface area contributed by atoms with E-state index in [9.17, 15) is 0 Å². The molecule has 0 bridgehead atoms. The molecule has 1 saturated heterocycles. The van der Waals surface area contributed by atoms with E-state index in [0.29, 0.717) is 6.61 Å². The summed E-state index contributed by atoms with van der Waals surface area (Å²) in [6.07, 6.45) is 4.54. The van der Waals surface area contributed by atoms with Crippen LogP contribution in [0.15, 0.2) is 24.3 Å². The van der Waals surface area contributed by atoms with Gasteiger partial charge in [-0.1, -0.05) is 24.3 Å². The maximum Gasteiger partial charge on any atom is 0.0434 e. The van der Waals surface area contributed by atoms with Crippen LogP contribution in [0, 0.1) is 0 Å². The molecule has 0 aromatic heterocycles. The second kappa shape index (κ2) is 6.31. The summed E-state index contributed by atoms with van der Waals surface area (Å²) in [6.45, 7) is 0.296. The van der Waals surface area contributed by atoms with E-state index in [4.69, 9.17) is 5.11 Å². The van der Waals surface area contributed by atoms with Gasteiger partial charge in [-0.15, -0.1) is 0 Å². The molecular formula is C14H20OS. The van der Waals surface area contributed by atoms with Crippen molar-refractivity contribution < 1.29 is 5.11 Å². The lowest BCUT2D eigenvalue weighted by molar-refractivity contribution is 0.288. The van der Waals surface area contributed by atoms with Gasteiger partial charge in [0.25, 0.3) is 0 Å². The molecule has 1 fully saturated rings. The molecule has 0 atom stereocenters. The van der Waals surface area contributed by atoms with E-state index in [1.165, 1.54) is 35.5 Å². The highest BCUT2D eigenvalue weighted by molar-refractivity contribution is 7.99. The zero-order valence-corrected chi connectivity index (χ0v) is 10.5. The minimum atomic E-state index is 0.296. The third kappa shape index (κ3) is 3.26. The largest absolute Gasteiger partial charge is 0.396 e. The summed E-state index contributed by atoms with van der Waals surface area (Å²) in [4.78, 5) is 0. The van der Waals surface area contributed by atoms with Crippen LogP contribution in [0.3, 0.4) is 0 Å². The van der Waals surface area contributed by atoms with Gasteiger partial charge in [-0.05, 0) is 54.2 Å². The zero-order valence-electron chi connectivity index (χ0n) is 9.69. The minimum absolute atomic E-state index is 0.296. The van der Waals surface area contributed by atoms with Crippen molar-refractivity contribution in [2.45, 2.75) is 31.6 Å². The van der Waals surface area contributed by atoms with Gasteiger partial charge >= 0.3 is 0 Å². The Balaban J connectivity index is 2.02. The highest BCUT2D eigenvalue weighted by Gasteiger charge is 2.15. The molecular weight excluding hydrogens is 216 g/mol. The Morgan fingerprint density at radius 2 is 2.06 bits per heavy atom. The number of thioether (sulfide) groups is 1. The molecule has 1 heterocycles. The molecule has 0 unspecified atom stereocenters. The molecule has 1 nitrogen and oxygen atoms in total. The van der Waals surface area contributed by atoms with Crippen molar-refractivity contribution in [2.24, 2.45) is 0 Å². The van der Waals surface area contributed by atoms with Crippen LogP contribution in [0.1, 0.15) is 36.3 Å². The molecule has 1 aliphatic rings. The number of hydrogen-bond acceptors (Lipinski definition) is 2. The molecule has 1 N–H and O–H groups in total. The van der Waals surface area contributed by atoms with Crippen molar-refractivity contribution in [3.63, 3.8) is 0 Å². The number of aliphatic hydroxyl groups is 1. The van der Waals surface area contributed by atoms with Crippen LogP contribution in [0.5, 0.6) is 0 Å². The van der Waals surface area contributed by atoms with Crippen LogP contribution in [0.4, 0.5) is 0 Å². The van der Waals surface area contributed by atoms with Gasteiger partial charge in [0.2, 0.25) is 0 Å². The Kier molecular flexibility index (Phi) is 4.73. The Bertz CT molecular complexity index is 318. The van der Waals surface area contributed by atoms with Crippen molar-refractivity contribution in [3.8, 4) is 0 Å². The summed E-state index contributed by atoms with van der Waals surface area (Å²) in [5.41, 5.74) is 2.89. The minimum Gasteiger partial charge on any atom is -0.396 e. The topological polar surface area (TPSA) is 20.2 Å². The molecule has 2 heteroatoms. The number of rotatable bonds is 4. The first-order valence-corrected chi connectivity index (χ1v) is 7.33. The number of aryl methyl sites for hydroxylation is 1. The predicted molar refractivity (Wildman–Crippen MR) is 71.1 cm³/mol. The summed E-state index contributed by atoms with van der Waals surface area (Å²) >= 11 is 2.08. The van der Waals surface area contributed by atoms with Gasteiger partial charge in [0.15, 0.2) is 0 Å². The van der Waals surface area contributed by atoms with Crippen LogP contribution < -0.4 is 0 Å². The third-order valence-electron chi connectivity index (χ3n) is 3.27. The van der Waals surface area contributed by atoms with E-state index in [-0.39, 0.29) is 0 Å². The van der Waals surface area contributed by atoms with E-state index in [0.717, 1.165) is 18.8 Å². The molecule has 1 aromatic rings. The number of benzene rings is 1. The Morgan fingerprint density at radius 3 is 2.81 bits per heavy atom. The van der Waals surface area contributed by atoms with Crippen molar-refractivity contribution in [1.82, 2.24) is 0 Å². The van der Waals surface area contributed by atoms with E-state index < -0.39 is 0 Å². The molecule has 0 radical (unpaired) electrons. The average Bonchev–Trinajstić information content (AvgIpc) is 2.38. The van der Waals surface area contributed by atoms with Gasteiger partial charge in [-0.3, -0.25) is 0 Å². The van der Waals surface area contributed by atoms with E-state index in [1.807, 2.05) is 0 Å². The van der Waals surface area contributed by atoms with Gasteiger partial charge in [0.1, 0.15) is 0 Å². The molecule has 0 saturated carbocycles. The van der Waals surface area contributed by atoms with Crippen LogP contribution >= 0.6 is 11.8 Å². The maximum atomic E-state index is 8.84. The van der Waals surface area contributed by atoms with Gasteiger partial charge in [0.05, 0.1) is 0 Å². The van der Waals surface area contributed by atoms with E-state index in [2.05, 4.69) is 36.0 Å². The van der Waals surface area contributed by atoms with E-state index >= 15 is 0 Å². The first kappa shape index (κ1) is 12.0. The monoisotopic (exact) mass is 236 g/mol. The second-order valence-corrected chi connectivity index (χ2v) is 5.68. The van der Waals surface area contributed by atoms with Gasteiger partial charge < -0.3 is 5.11 Å². The zero-order chi connectivity index (χ0) is 11.2. The Hall–Kier alpha value is -0.470. The highest BCUT2D eigenvalue weighted by atomic mass is 32.2. The molecule has 1 aromatic carbocycles. The average molecular weight is 236 g/mol. The molecule has 1 aliphatic heterocycles. The smallest absolute Gasteiger partial charge is 0.0434 e. The van der Waals surface area contributed by atoms with Crippen LogP contribution in [0.25, 0.3) is 0 Å². The summed E-state index contributed by atoms with van der Waals surface area (Å²) in [5, 5.41) is 8.84. The third-order valence-corrected chi connectivity index (χ3v) is 4.32. The fourth-order valence-electron chi connectivity index (χ4n) is 2.32. The second-order valence-electron chi connectivity index (χ2n) is 4.46. The number of aliphatic hydroxyl groups excluding tert-OH is 1. The van der Waals surface area contributed by atoms with Crippen LogP contribution in [-0.2, 0) is 6.42 Å². The maximum absolute atomic E-state index is 8.84. The molecule has 16 heavy (non-hydrogen) atoms. The lowest BCUT2D eigenvalue weighted by Crippen LogP contribution is -2.08. The van der Waals surface area contributed by atoms with Gasteiger partial charge in [-0.25, -0.2) is 0 Å². The summed E-state index contributed by atoms with van der Waals surface area (Å²) < 4.78 is 0. The molecule has 0 aliphatic carbocycles. The first-order valence-electron chi connectivity index (χ1n) is 6.17. The molecule has 2 rings (SSSR count). The molecule has 0 amide bonds. The van der Waals surface area contributed by atoms with Gasteiger partial charge in [0, 0.05) is 6.61 Å². The van der Waals surface area contributed by atoms with Crippen molar-refractivity contribution in [2.75, 3.05) is 18.1 Å². The quantitative estimate of drug-likeness (QED) is 0.866. The SMILES string of the molecule is OCCCc1cccc(C2CCSCC2)c1. The Labute approximate surface area is 102 Å². The lowest BCUT2D eigenvalue weighted by Gasteiger charge is -2.22. The van der Waals surface area contributed by atoms with Crippen molar-refractivity contribution in [1.29, 1.82) is 0 Å². The summed E-state index contributed by atoms with van der Waals surface area (Å²) in [5.74, 6) is 3.40. The highest BCUT2D eigenvalue weighted by Crippen LogP contribution is 2.31. The summed E-state index contributed by atoms with van der Waals surface area (Å²) in [6, 6.07) is 8.96. The molecule has 0 spiro atoms. The van der Waals surface area contributed by atoms with E-state index in [1.54, 1.807) is 0 Å². The van der Waals surface area contributed by atoms with Crippen LogP contribution in [-0.4, -0.2) is 23.2 Å². The molecule has 88 valence electrons. The van der Waals surface area contributed by atoms with Crippen molar-refractivity contribution in [3.05, 3.63) is 35.4 Å². The standard InChI is InChI=1S/C14H20OS/c15-8-2-4-12-3-1-5-14(11-12)13-6-9-16-10-7-13/h1,3,5,11,13,15H,2,4,6-10H2. The predicted octanol–water partition coefficient (Wildman–Crippen LogP) is 3.22. The lowest BCUT2D eigenvalue weighted by atomic mass is 9.91. The van der Waals surface area contributed by atoms with Gasteiger partial charge in [-0.2, -0.15) is 11.8 Å². The van der Waals surface area contributed by atoms with Crippen LogP contribution in [0.2, 0.25) is 0 Å². The normalized spacial score (nSPS) is 17.6. The Morgan fingerprint density at radius 1 is 1.25 bits per heavy atom. The fraction of sp³-hybridized carbons (Fsp3) is 0.571. The number of hydrogen-bond donors (Lipinski definition) is 1.